The highest BCUT2D eigenvalue weighted by molar-refractivity contribution is 7.11. The van der Waals surface area contributed by atoms with Crippen molar-refractivity contribution in [3.8, 4) is 0 Å². The molecule has 0 saturated carbocycles. The average Bonchev–Trinajstić information content (AvgIpc) is 3.17. The fourth-order valence-corrected chi connectivity index (χ4v) is 4.97. The van der Waals surface area contributed by atoms with Gasteiger partial charge in [0.2, 0.25) is 0 Å². The fourth-order valence-electron chi connectivity index (χ4n) is 3.69. The summed E-state index contributed by atoms with van der Waals surface area (Å²) in [6.45, 7) is 4.33. The average molecular weight is 416 g/mol. The molecule has 0 aliphatic heterocycles. The zero-order chi connectivity index (χ0) is 20.9. The standard InChI is InChI=1S/C26H25NO2S/c1-18(2)24(25-23-14-7-6-11-20(23)17-30-25)26(28)29-16-22-13-8-12-21(27-22)15-19-9-4-3-5-10-19/h3-14,17-18,24H,15-16H2,1-2H3. The van der Waals surface area contributed by atoms with Crippen LogP contribution in [0.3, 0.4) is 0 Å². The molecule has 0 fully saturated rings. The molecule has 0 spiro atoms. The Morgan fingerprint density at radius 2 is 1.67 bits per heavy atom. The summed E-state index contributed by atoms with van der Waals surface area (Å²) in [6, 6.07) is 24.3. The molecule has 0 aliphatic rings. The summed E-state index contributed by atoms with van der Waals surface area (Å²) < 4.78 is 5.73. The molecule has 1 unspecified atom stereocenters. The minimum absolute atomic E-state index is 0.150. The van der Waals surface area contributed by atoms with Crippen molar-refractivity contribution in [3.05, 3.63) is 100 Å². The van der Waals surface area contributed by atoms with Gasteiger partial charge in [0.25, 0.3) is 0 Å². The number of carbonyl (C=O) groups excluding carboxylic acids is 1. The molecule has 0 radical (unpaired) electrons. The van der Waals surface area contributed by atoms with E-state index in [1.807, 2.05) is 48.5 Å². The van der Waals surface area contributed by atoms with Crippen LogP contribution in [0.15, 0.2) is 78.2 Å². The predicted octanol–water partition coefficient (Wildman–Crippen LogP) is 6.37. The third-order valence-corrected chi connectivity index (χ3v) is 6.30. The molecule has 4 aromatic rings. The molecule has 1 atom stereocenters. The summed E-state index contributed by atoms with van der Waals surface area (Å²) >= 11 is 1.64. The van der Waals surface area contributed by atoms with E-state index in [4.69, 9.17) is 4.74 Å². The zero-order valence-corrected chi connectivity index (χ0v) is 18.1. The van der Waals surface area contributed by atoms with Crippen molar-refractivity contribution in [2.75, 3.05) is 0 Å². The monoisotopic (exact) mass is 415 g/mol. The summed E-state index contributed by atoms with van der Waals surface area (Å²) in [5, 5.41) is 4.43. The maximum atomic E-state index is 13.0. The second-order valence-electron chi connectivity index (χ2n) is 7.80. The quantitative estimate of drug-likeness (QED) is 0.329. The summed E-state index contributed by atoms with van der Waals surface area (Å²) in [6.07, 6.45) is 0.762. The lowest BCUT2D eigenvalue weighted by Crippen LogP contribution is -2.20. The van der Waals surface area contributed by atoms with Gasteiger partial charge in [0.05, 0.1) is 11.6 Å². The minimum atomic E-state index is -0.276. The van der Waals surface area contributed by atoms with E-state index in [0.717, 1.165) is 28.1 Å². The van der Waals surface area contributed by atoms with Crippen LogP contribution in [0.1, 0.15) is 41.6 Å². The largest absolute Gasteiger partial charge is 0.459 e. The first-order valence-electron chi connectivity index (χ1n) is 10.2. The molecule has 4 rings (SSSR count). The van der Waals surface area contributed by atoms with E-state index in [2.05, 4.69) is 48.5 Å². The Hall–Kier alpha value is -2.98. The van der Waals surface area contributed by atoms with E-state index in [1.54, 1.807) is 11.3 Å². The van der Waals surface area contributed by atoms with Crippen LogP contribution in [0.5, 0.6) is 0 Å². The topological polar surface area (TPSA) is 39.2 Å². The maximum Gasteiger partial charge on any atom is 0.314 e. The minimum Gasteiger partial charge on any atom is -0.459 e. The Labute approximate surface area is 181 Å². The van der Waals surface area contributed by atoms with Crippen LogP contribution in [0.4, 0.5) is 0 Å². The van der Waals surface area contributed by atoms with Gasteiger partial charge in [-0.05, 0) is 39.8 Å². The van der Waals surface area contributed by atoms with Gasteiger partial charge >= 0.3 is 5.97 Å². The number of hydrogen-bond donors (Lipinski definition) is 0. The second-order valence-corrected chi connectivity index (χ2v) is 8.71. The molecule has 152 valence electrons. The highest BCUT2D eigenvalue weighted by atomic mass is 32.1. The van der Waals surface area contributed by atoms with E-state index < -0.39 is 0 Å². The lowest BCUT2D eigenvalue weighted by Gasteiger charge is -2.19. The van der Waals surface area contributed by atoms with Crippen molar-refractivity contribution < 1.29 is 9.53 Å². The van der Waals surface area contributed by atoms with Crippen molar-refractivity contribution in [3.63, 3.8) is 0 Å². The van der Waals surface area contributed by atoms with Gasteiger partial charge in [-0.25, -0.2) is 0 Å². The van der Waals surface area contributed by atoms with Crippen molar-refractivity contribution in [2.45, 2.75) is 32.8 Å². The second kappa shape index (κ2) is 9.23. The van der Waals surface area contributed by atoms with Gasteiger partial charge in [-0.3, -0.25) is 9.78 Å². The molecule has 2 aromatic heterocycles. The molecule has 0 bridgehead atoms. The number of carbonyl (C=O) groups is 1. The molecular formula is C26H25NO2S. The Kier molecular flexibility index (Phi) is 6.24. The first-order chi connectivity index (χ1) is 14.6. The van der Waals surface area contributed by atoms with Crippen LogP contribution >= 0.6 is 11.3 Å². The van der Waals surface area contributed by atoms with Gasteiger partial charge in [0.1, 0.15) is 6.61 Å². The van der Waals surface area contributed by atoms with E-state index in [-0.39, 0.29) is 24.4 Å². The number of esters is 1. The number of thiophene rings is 1. The molecule has 4 heteroatoms. The van der Waals surface area contributed by atoms with E-state index in [0.29, 0.717) is 0 Å². The molecule has 2 heterocycles. The summed E-state index contributed by atoms with van der Waals surface area (Å²) in [7, 11) is 0. The third kappa shape index (κ3) is 4.60. The number of ether oxygens (including phenoxy) is 1. The number of benzene rings is 2. The predicted molar refractivity (Wildman–Crippen MR) is 123 cm³/mol. The number of aromatic nitrogens is 1. The van der Waals surface area contributed by atoms with Crippen molar-refractivity contribution in [1.29, 1.82) is 0 Å². The number of rotatable bonds is 7. The Bertz CT molecular complexity index is 1130. The summed E-state index contributed by atoms with van der Waals surface area (Å²) in [5.41, 5.74) is 2.96. The molecule has 3 nitrogen and oxygen atoms in total. The SMILES string of the molecule is CC(C)C(C(=O)OCc1cccc(Cc2ccccc2)n1)c1scc2ccccc12. The summed E-state index contributed by atoms with van der Waals surface area (Å²) in [5.74, 6) is -0.313. The number of pyridine rings is 1. The molecule has 0 saturated heterocycles. The van der Waals surface area contributed by atoms with Gasteiger partial charge in [0, 0.05) is 17.0 Å². The number of hydrogen-bond acceptors (Lipinski definition) is 4. The van der Waals surface area contributed by atoms with Crippen molar-refractivity contribution >= 4 is 28.1 Å². The van der Waals surface area contributed by atoms with E-state index in [1.165, 1.54) is 10.9 Å². The number of nitrogens with zero attached hydrogens (tertiary/aromatic N) is 1. The van der Waals surface area contributed by atoms with Crippen LogP contribution in [-0.4, -0.2) is 11.0 Å². The molecule has 0 amide bonds. The first-order valence-corrected chi connectivity index (χ1v) is 11.1. The maximum absolute atomic E-state index is 13.0. The highest BCUT2D eigenvalue weighted by Gasteiger charge is 2.28. The lowest BCUT2D eigenvalue weighted by atomic mass is 9.92. The van der Waals surface area contributed by atoms with Crippen LogP contribution in [0, 0.1) is 5.92 Å². The van der Waals surface area contributed by atoms with Gasteiger partial charge in [-0.1, -0.05) is 74.5 Å². The molecule has 30 heavy (non-hydrogen) atoms. The zero-order valence-electron chi connectivity index (χ0n) is 17.2. The van der Waals surface area contributed by atoms with Crippen LogP contribution in [0.25, 0.3) is 10.8 Å². The molecular weight excluding hydrogens is 390 g/mol. The van der Waals surface area contributed by atoms with Crippen molar-refractivity contribution in [1.82, 2.24) is 4.98 Å². The molecule has 0 aliphatic carbocycles. The highest BCUT2D eigenvalue weighted by Crippen LogP contribution is 2.36. The summed E-state index contributed by atoms with van der Waals surface area (Å²) in [4.78, 5) is 18.8. The third-order valence-electron chi connectivity index (χ3n) is 5.20. The lowest BCUT2D eigenvalue weighted by molar-refractivity contribution is -0.148. The smallest absolute Gasteiger partial charge is 0.314 e. The van der Waals surface area contributed by atoms with Crippen LogP contribution in [-0.2, 0) is 22.6 Å². The molecule has 0 N–H and O–H groups in total. The van der Waals surface area contributed by atoms with Crippen molar-refractivity contribution in [2.24, 2.45) is 5.92 Å². The Balaban J connectivity index is 1.47. The van der Waals surface area contributed by atoms with Gasteiger partial charge < -0.3 is 4.74 Å². The Morgan fingerprint density at radius 3 is 2.47 bits per heavy atom. The van der Waals surface area contributed by atoms with E-state index >= 15 is 0 Å². The van der Waals surface area contributed by atoms with Gasteiger partial charge in [0.15, 0.2) is 0 Å². The first kappa shape index (κ1) is 20.3. The number of fused-ring (bicyclic) bond motifs is 1. The Morgan fingerprint density at radius 1 is 0.933 bits per heavy atom. The fraction of sp³-hybridized carbons (Fsp3) is 0.231. The van der Waals surface area contributed by atoms with E-state index in [9.17, 15) is 4.79 Å². The van der Waals surface area contributed by atoms with Crippen LogP contribution in [0.2, 0.25) is 0 Å². The van der Waals surface area contributed by atoms with Gasteiger partial charge in [-0.15, -0.1) is 11.3 Å². The normalized spacial score (nSPS) is 12.2. The molecule has 2 aromatic carbocycles. The van der Waals surface area contributed by atoms with Gasteiger partial charge in [-0.2, -0.15) is 0 Å². The van der Waals surface area contributed by atoms with Crippen LogP contribution < -0.4 is 0 Å².